The number of carbonyl (C=O) groups is 1. The molecule has 6 nitrogen and oxygen atoms in total. The molecule has 0 bridgehead atoms. The Kier molecular flexibility index (Phi) is 5.77. The van der Waals surface area contributed by atoms with Crippen molar-refractivity contribution in [3.63, 3.8) is 0 Å². The van der Waals surface area contributed by atoms with Gasteiger partial charge in [-0.3, -0.25) is 4.79 Å². The maximum absolute atomic E-state index is 11.3. The summed E-state index contributed by atoms with van der Waals surface area (Å²) in [6.07, 6.45) is -0.272. The van der Waals surface area contributed by atoms with Gasteiger partial charge in [0, 0.05) is 13.2 Å². The average molecular weight is 239 g/mol. The molecule has 0 aliphatic heterocycles. The molecule has 0 amide bonds. The summed E-state index contributed by atoms with van der Waals surface area (Å²) in [5.41, 5.74) is 0. The Labute approximate surface area is 89.7 Å². The first-order chi connectivity index (χ1) is 6.81. The number of aliphatic carboxylic acids is 1. The number of sulfonamides is 1. The molecule has 0 saturated heterocycles. The lowest BCUT2D eigenvalue weighted by atomic mass is 10.4. The van der Waals surface area contributed by atoms with Crippen molar-refractivity contribution in [3.05, 3.63) is 0 Å². The Morgan fingerprint density at radius 1 is 1.47 bits per heavy atom. The first kappa shape index (κ1) is 14.3. The van der Waals surface area contributed by atoms with Crippen molar-refractivity contribution < 1.29 is 23.1 Å². The van der Waals surface area contributed by atoms with Crippen LogP contribution in [-0.4, -0.2) is 44.0 Å². The first-order valence-corrected chi connectivity index (χ1v) is 6.18. The molecule has 7 heteroatoms. The highest BCUT2D eigenvalue weighted by molar-refractivity contribution is 7.90. The largest absolute Gasteiger partial charge is 0.480 e. The third-order valence-corrected chi connectivity index (χ3v) is 3.54. The van der Waals surface area contributed by atoms with Gasteiger partial charge in [0.15, 0.2) is 5.25 Å². The second-order valence-corrected chi connectivity index (χ2v) is 5.23. The molecule has 2 atom stereocenters. The fourth-order valence-corrected chi connectivity index (χ4v) is 1.82. The molecule has 0 aromatic carbocycles. The summed E-state index contributed by atoms with van der Waals surface area (Å²) in [6, 6.07) is 0. The van der Waals surface area contributed by atoms with Gasteiger partial charge in [-0.15, -0.1) is 0 Å². The molecular formula is C8H17NO5S. The van der Waals surface area contributed by atoms with E-state index in [1.807, 2.05) is 0 Å². The molecule has 0 saturated carbocycles. The summed E-state index contributed by atoms with van der Waals surface area (Å²) in [7, 11) is -3.80. The van der Waals surface area contributed by atoms with E-state index in [1.165, 1.54) is 0 Å². The molecule has 0 rings (SSSR count). The second kappa shape index (κ2) is 6.04. The fourth-order valence-electron chi connectivity index (χ4n) is 0.835. The third kappa shape index (κ3) is 5.10. The maximum Gasteiger partial charge on any atom is 0.323 e. The zero-order chi connectivity index (χ0) is 12.1. The zero-order valence-electron chi connectivity index (χ0n) is 9.06. The normalized spacial score (nSPS) is 15.9. The van der Waals surface area contributed by atoms with Crippen LogP contribution in [0.3, 0.4) is 0 Å². The van der Waals surface area contributed by atoms with E-state index in [1.54, 1.807) is 13.8 Å². The molecule has 0 radical (unpaired) electrons. The number of ether oxygens (including phenoxy) is 1. The van der Waals surface area contributed by atoms with Gasteiger partial charge in [0.05, 0.1) is 6.10 Å². The van der Waals surface area contributed by atoms with Crippen LogP contribution < -0.4 is 4.72 Å². The minimum absolute atomic E-state index is 0.0772. The highest BCUT2D eigenvalue weighted by Crippen LogP contribution is 1.99. The Morgan fingerprint density at radius 3 is 2.40 bits per heavy atom. The third-order valence-electron chi connectivity index (χ3n) is 1.84. The molecule has 0 aromatic heterocycles. The van der Waals surface area contributed by atoms with E-state index in [-0.39, 0.29) is 12.6 Å². The van der Waals surface area contributed by atoms with Gasteiger partial charge in [-0.2, -0.15) is 0 Å². The molecule has 0 heterocycles. The summed E-state index contributed by atoms with van der Waals surface area (Å²) >= 11 is 0. The van der Waals surface area contributed by atoms with E-state index in [2.05, 4.69) is 4.72 Å². The molecule has 0 aliphatic carbocycles. The molecule has 90 valence electrons. The van der Waals surface area contributed by atoms with Crippen molar-refractivity contribution in [3.8, 4) is 0 Å². The van der Waals surface area contributed by atoms with Crippen molar-refractivity contribution in [2.75, 3.05) is 13.2 Å². The van der Waals surface area contributed by atoms with Gasteiger partial charge in [0.2, 0.25) is 10.0 Å². The van der Waals surface area contributed by atoms with Crippen LogP contribution in [0.5, 0.6) is 0 Å². The fraction of sp³-hybridized carbons (Fsp3) is 0.875. The lowest BCUT2D eigenvalue weighted by molar-refractivity contribution is -0.136. The Morgan fingerprint density at radius 2 is 2.00 bits per heavy atom. The quantitative estimate of drug-likeness (QED) is 0.642. The van der Waals surface area contributed by atoms with Crippen molar-refractivity contribution >= 4 is 16.0 Å². The van der Waals surface area contributed by atoms with E-state index in [9.17, 15) is 13.2 Å². The lowest BCUT2D eigenvalue weighted by Gasteiger charge is -2.14. The number of carboxylic acid groups (broad SMARTS) is 1. The summed E-state index contributed by atoms with van der Waals surface area (Å²) in [5.74, 6) is -1.37. The molecule has 2 N–H and O–H groups in total. The highest BCUT2D eigenvalue weighted by atomic mass is 32.2. The van der Waals surface area contributed by atoms with Gasteiger partial charge in [-0.05, 0) is 20.8 Å². The van der Waals surface area contributed by atoms with E-state index < -0.39 is 21.2 Å². The van der Waals surface area contributed by atoms with Crippen molar-refractivity contribution in [2.24, 2.45) is 0 Å². The predicted octanol–water partition coefficient (Wildman–Crippen LogP) is -0.196. The monoisotopic (exact) mass is 239 g/mol. The van der Waals surface area contributed by atoms with Gasteiger partial charge >= 0.3 is 5.97 Å². The van der Waals surface area contributed by atoms with E-state index in [0.29, 0.717) is 6.61 Å². The topological polar surface area (TPSA) is 92.7 Å². The van der Waals surface area contributed by atoms with Crippen LogP contribution in [0.25, 0.3) is 0 Å². The number of carboxylic acids is 1. The van der Waals surface area contributed by atoms with Crippen LogP contribution >= 0.6 is 0 Å². The second-order valence-electron chi connectivity index (χ2n) is 3.14. The van der Waals surface area contributed by atoms with Crippen molar-refractivity contribution in [2.45, 2.75) is 32.1 Å². The van der Waals surface area contributed by atoms with Crippen LogP contribution in [0.4, 0.5) is 0 Å². The van der Waals surface area contributed by atoms with Gasteiger partial charge in [0.25, 0.3) is 0 Å². The van der Waals surface area contributed by atoms with E-state index >= 15 is 0 Å². The standard InChI is InChI=1S/C8H17NO5S/c1-4-14-6(2)5-9-15(12,13)7(3)8(10)11/h6-7,9H,4-5H2,1-3H3,(H,10,11). The van der Waals surface area contributed by atoms with Crippen molar-refractivity contribution in [1.29, 1.82) is 0 Å². The summed E-state index contributed by atoms with van der Waals surface area (Å²) in [6.45, 7) is 5.18. The van der Waals surface area contributed by atoms with Crippen LogP contribution in [0.15, 0.2) is 0 Å². The summed E-state index contributed by atoms with van der Waals surface area (Å²) in [4.78, 5) is 10.5. The van der Waals surface area contributed by atoms with Gasteiger partial charge < -0.3 is 9.84 Å². The van der Waals surface area contributed by atoms with E-state index in [4.69, 9.17) is 9.84 Å². The summed E-state index contributed by atoms with van der Waals surface area (Å²) in [5, 5.41) is 7.08. The minimum Gasteiger partial charge on any atom is -0.480 e. The Balaban J connectivity index is 4.22. The SMILES string of the molecule is CCOC(C)CNS(=O)(=O)C(C)C(=O)O. The minimum atomic E-state index is -3.80. The molecule has 0 aromatic rings. The first-order valence-electron chi connectivity index (χ1n) is 4.64. The van der Waals surface area contributed by atoms with E-state index in [0.717, 1.165) is 6.92 Å². The number of nitrogens with one attached hydrogen (secondary N) is 1. The van der Waals surface area contributed by atoms with Crippen LogP contribution in [-0.2, 0) is 19.6 Å². The summed E-state index contributed by atoms with van der Waals surface area (Å²) < 4.78 is 30.0. The van der Waals surface area contributed by atoms with Crippen LogP contribution in [0.2, 0.25) is 0 Å². The van der Waals surface area contributed by atoms with Gasteiger partial charge in [-0.1, -0.05) is 0 Å². The molecule has 0 fully saturated rings. The number of hydrogen-bond acceptors (Lipinski definition) is 4. The highest BCUT2D eigenvalue weighted by Gasteiger charge is 2.27. The molecule has 15 heavy (non-hydrogen) atoms. The molecular weight excluding hydrogens is 222 g/mol. The Hall–Kier alpha value is -0.660. The smallest absolute Gasteiger partial charge is 0.323 e. The molecule has 0 aliphatic rings. The average Bonchev–Trinajstić information content (AvgIpc) is 2.14. The lowest BCUT2D eigenvalue weighted by Crippen LogP contribution is -2.40. The van der Waals surface area contributed by atoms with Crippen LogP contribution in [0.1, 0.15) is 20.8 Å². The van der Waals surface area contributed by atoms with Crippen LogP contribution in [0, 0.1) is 0 Å². The predicted molar refractivity (Wildman–Crippen MR) is 55.1 cm³/mol. The maximum atomic E-state index is 11.3. The Bertz CT molecular complexity index is 300. The van der Waals surface area contributed by atoms with Gasteiger partial charge in [-0.25, -0.2) is 13.1 Å². The molecule has 2 unspecified atom stereocenters. The zero-order valence-corrected chi connectivity index (χ0v) is 9.87. The number of hydrogen-bond donors (Lipinski definition) is 2. The molecule has 0 spiro atoms. The number of rotatable bonds is 7. The van der Waals surface area contributed by atoms with Gasteiger partial charge in [0.1, 0.15) is 0 Å². The van der Waals surface area contributed by atoms with Crippen molar-refractivity contribution in [1.82, 2.24) is 4.72 Å².